The van der Waals surface area contributed by atoms with Gasteiger partial charge in [0.05, 0.1) is 13.2 Å². The Hall–Kier alpha value is -1.09. The highest BCUT2D eigenvalue weighted by Crippen LogP contribution is 2.25. The van der Waals surface area contributed by atoms with Crippen molar-refractivity contribution in [3.63, 3.8) is 0 Å². The molecule has 0 heterocycles. The number of unbranched alkanes of at least 4 members (excludes halogenated alkanes) is 7. The van der Waals surface area contributed by atoms with Gasteiger partial charge in [0.25, 0.3) is 0 Å². The van der Waals surface area contributed by atoms with Crippen LogP contribution in [0.5, 0.6) is 5.75 Å². The van der Waals surface area contributed by atoms with Crippen LogP contribution >= 0.6 is 0 Å². The molecule has 1 rings (SSSR count). The van der Waals surface area contributed by atoms with Crippen molar-refractivity contribution in [1.82, 2.24) is 0 Å². The van der Waals surface area contributed by atoms with Gasteiger partial charge in [-0.25, -0.2) is 4.39 Å². The molecule has 1 aromatic rings. The molecule has 1 atom stereocenters. The number of hydrogen-bond donors (Lipinski definition) is 1. The smallest absolute Gasteiger partial charge is 0.165 e. The topological polar surface area (TPSA) is 29.5 Å². The molecule has 0 radical (unpaired) electrons. The van der Waals surface area contributed by atoms with E-state index in [1.165, 1.54) is 51.7 Å². The van der Waals surface area contributed by atoms with Gasteiger partial charge in [-0.2, -0.15) is 0 Å². The van der Waals surface area contributed by atoms with E-state index in [4.69, 9.17) is 4.74 Å². The molecule has 0 aromatic heterocycles. The maximum atomic E-state index is 13.3. The number of hydrogen-bond acceptors (Lipinski definition) is 2. The number of ether oxygens (including phenoxy) is 1. The molecule has 0 aliphatic rings. The Morgan fingerprint density at radius 2 is 1.67 bits per heavy atom. The number of aliphatic hydroxyl groups excluding tert-OH is 1. The SMILES string of the molecule is CCCCCCCCCCC(O)c1ccc(F)c(OC)c1. The van der Waals surface area contributed by atoms with Gasteiger partial charge in [-0.15, -0.1) is 0 Å². The molecule has 0 saturated heterocycles. The molecular weight excluding hydrogens is 267 g/mol. The second kappa shape index (κ2) is 10.6. The van der Waals surface area contributed by atoms with Crippen molar-refractivity contribution >= 4 is 0 Å². The number of aliphatic hydroxyl groups is 1. The molecule has 1 unspecified atom stereocenters. The normalized spacial score (nSPS) is 12.4. The van der Waals surface area contributed by atoms with Crippen molar-refractivity contribution in [2.24, 2.45) is 0 Å². The Bertz CT molecular complexity index is 393. The summed E-state index contributed by atoms with van der Waals surface area (Å²) in [6, 6.07) is 4.57. The van der Waals surface area contributed by atoms with Crippen molar-refractivity contribution in [2.75, 3.05) is 7.11 Å². The van der Waals surface area contributed by atoms with Gasteiger partial charge in [0.1, 0.15) is 0 Å². The molecule has 3 heteroatoms. The third-order valence-electron chi connectivity index (χ3n) is 3.89. The third kappa shape index (κ3) is 6.94. The zero-order chi connectivity index (χ0) is 15.5. The lowest BCUT2D eigenvalue weighted by molar-refractivity contribution is 0.162. The van der Waals surface area contributed by atoms with Crippen LogP contribution in [0.15, 0.2) is 18.2 Å². The summed E-state index contributed by atoms with van der Waals surface area (Å²) in [7, 11) is 1.44. The van der Waals surface area contributed by atoms with E-state index in [1.807, 2.05) is 0 Å². The van der Waals surface area contributed by atoms with Crippen molar-refractivity contribution in [3.05, 3.63) is 29.6 Å². The Morgan fingerprint density at radius 3 is 2.29 bits per heavy atom. The first-order valence-corrected chi connectivity index (χ1v) is 8.20. The first-order chi connectivity index (χ1) is 10.2. The molecule has 120 valence electrons. The minimum atomic E-state index is -0.528. The average Bonchev–Trinajstić information content (AvgIpc) is 2.50. The summed E-state index contributed by atoms with van der Waals surface area (Å²) in [5.41, 5.74) is 0.733. The summed E-state index contributed by atoms with van der Waals surface area (Å²) in [4.78, 5) is 0. The van der Waals surface area contributed by atoms with Crippen LogP contribution in [0, 0.1) is 5.82 Å². The largest absolute Gasteiger partial charge is 0.494 e. The average molecular weight is 296 g/mol. The summed E-state index contributed by atoms with van der Waals surface area (Å²) in [5.74, 6) is -0.192. The van der Waals surface area contributed by atoms with Crippen LogP contribution in [0.25, 0.3) is 0 Å². The lowest BCUT2D eigenvalue weighted by atomic mass is 10.0. The maximum absolute atomic E-state index is 13.3. The molecule has 1 N–H and O–H groups in total. The monoisotopic (exact) mass is 296 g/mol. The Labute approximate surface area is 128 Å². The van der Waals surface area contributed by atoms with Crippen LogP contribution in [0.1, 0.15) is 76.4 Å². The van der Waals surface area contributed by atoms with Crippen molar-refractivity contribution in [3.8, 4) is 5.75 Å². The second-order valence-electron chi connectivity index (χ2n) is 5.67. The molecule has 0 spiro atoms. The molecule has 0 saturated carbocycles. The summed E-state index contributed by atoms with van der Waals surface area (Å²) in [6.07, 6.45) is 10.2. The molecule has 0 amide bonds. The van der Waals surface area contributed by atoms with E-state index in [2.05, 4.69) is 6.92 Å². The standard InChI is InChI=1S/C18H29FO2/c1-3-4-5-6-7-8-9-10-11-17(20)15-12-13-16(19)18(14-15)21-2/h12-14,17,20H,3-11H2,1-2H3. The van der Waals surface area contributed by atoms with Gasteiger partial charge in [-0.05, 0) is 24.1 Å². The highest BCUT2D eigenvalue weighted by atomic mass is 19.1. The predicted octanol–water partition coefficient (Wildman–Crippen LogP) is 5.40. The number of halogens is 1. The lowest BCUT2D eigenvalue weighted by Crippen LogP contribution is -1.99. The molecule has 0 bridgehead atoms. The number of rotatable bonds is 11. The van der Waals surface area contributed by atoms with Crippen LogP contribution in [-0.2, 0) is 0 Å². The van der Waals surface area contributed by atoms with Gasteiger partial charge in [0, 0.05) is 0 Å². The van der Waals surface area contributed by atoms with E-state index in [0.29, 0.717) is 0 Å². The summed E-state index contributed by atoms with van der Waals surface area (Å²) in [5, 5.41) is 10.1. The Morgan fingerprint density at radius 1 is 1.05 bits per heavy atom. The van der Waals surface area contributed by atoms with E-state index in [1.54, 1.807) is 12.1 Å². The quantitative estimate of drug-likeness (QED) is 0.554. The minimum Gasteiger partial charge on any atom is -0.494 e. The summed E-state index contributed by atoms with van der Waals surface area (Å²) in [6.45, 7) is 2.23. The molecule has 1 aromatic carbocycles. The zero-order valence-corrected chi connectivity index (χ0v) is 13.4. The molecule has 0 fully saturated rings. The molecule has 0 aliphatic heterocycles. The summed E-state index contributed by atoms with van der Waals surface area (Å²) >= 11 is 0. The lowest BCUT2D eigenvalue weighted by Gasteiger charge is -2.12. The summed E-state index contributed by atoms with van der Waals surface area (Å²) < 4.78 is 18.2. The molecule has 0 aliphatic carbocycles. The Balaban J connectivity index is 2.20. The van der Waals surface area contributed by atoms with E-state index in [9.17, 15) is 9.50 Å². The highest BCUT2D eigenvalue weighted by Gasteiger charge is 2.10. The van der Waals surface area contributed by atoms with Gasteiger partial charge in [-0.1, -0.05) is 64.4 Å². The molecule has 2 nitrogen and oxygen atoms in total. The van der Waals surface area contributed by atoms with Crippen molar-refractivity contribution in [1.29, 1.82) is 0 Å². The van der Waals surface area contributed by atoms with Gasteiger partial charge >= 0.3 is 0 Å². The van der Waals surface area contributed by atoms with Crippen LogP contribution in [0.3, 0.4) is 0 Å². The van der Waals surface area contributed by atoms with Gasteiger partial charge in [-0.3, -0.25) is 0 Å². The van der Waals surface area contributed by atoms with Crippen molar-refractivity contribution < 1.29 is 14.2 Å². The number of benzene rings is 1. The maximum Gasteiger partial charge on any atom is 0.165 e. The first kappa shape index (κ1) is 18.0. The van der Waals surface area contributed by atoms with Crippen molar-refractivity contribution in [2.45, 2.75) is 70.8 Å². The molecule has 21 heavy (non-hydrogen) atoms. The van der Waals surface area contributed by atoms with Crippen LogP contribution in [-0.4, -0.2) is 12.2 Å². The highest BCUT2D eigenvalue weighted by molar-refractivity contribution is 5.31. The number of methoxy groups -OCH3 is 1. The van der Waals surface area contributed by atoms with Gasteiger partial charge in [0.15, 0.2) is 11.6 Å². The van der Waals surface area contributed by atoms with Crippen LogP contribution in [0.2, 0.25) is 0 Å². The zero-order valence-electron chi connectivity index (χ0n) is 13.4. The van der Waals surface area contributed by atoms with E-state index >= 15 is 0 Å². The minimum absolute atomic E-state index is 0.197. The van der Waals surface area contributed by atoms with E-state index in [-0.39, 0.29) is 11.6 Å². The Kier molecular flexibility index (Phi) is 9.07. The van der Waals surface area contributed by atoms with Crippen LogP contribution < -0.4 is 4.74 Å². The third-order valence-corrected chi connectivity index (χ3v) is 3.89. The van der Waals surface area contributed by atoms with Crippen LogP contribution in [0.4, 0.5) is 4.39 Å². The predicted molar refractivity (Wildman–Crippen MR) is 85.1 cm³/mol. The van der Waals surface area contributed by atoms with E-state index in [0.717, 1.165) is 24.8 Å². The fourth-order valence-electron chi connectivity index (χ4n) is 2.52. The van der Waals surface area contributed by atoms with E-state index < -0.39 is 6.10 Å². The second-order valence-corrected chi connectivity index (χ2v) is 5.67. The van der Waals surface area contributed by atoms with Gasteiger partial charge in [0.2, 0.25) is 0 Å². The first-order valence-electron chi connectivity index (χ1n) is 8.20. The van der Waals surface area contributed by atoms with Gasteiger partial charge < -0.3 is 9.84 Å². The molecular formula is C18H29FO2. The fraction of sp³-hybridized carbons (Fsp3) is 0.667. The fourth-order valence-corrected chi connectivity index (χ4v) is 2.52.